The molecule has 146 valence electrons. The molecule has 4 aromatic rings. The van der Waals surface area contributed by atoms with E-state index in [9.17, 15) is 4.79 Å². The molecule has 0 bridgehead atoms. The highest BCUT2D eigenvalue weighted by Crippen LogP contribution is 2.27. The van der Waals surface area contributed by atoms with Gasteiger partial charge in [0.1, 0.15) is 5.82 Å². The van der Waals surface area contributed by atoms with Crippen LogP contribution in [0.4, 0.5) is 5.82 Å². The maximum atomic E-state index is 11.8. The molecule has 0 unspecified atom stereocenters. The predicted octanol–water partition coefficient (Wildman–Crippen LogP) is 4.06. The summed E-state index contributed by atoms with van der Waals surface area (Å²) in [6.07, 6.45) is 0. The number of amides is 1. The van der Waals surface area contributed by atoms with Crippen molar-refractivity contribution < 1.29 is 4.79 Å². The second-order valence-corrected chi connectivity index (χ2v) is 7.15. The average Bonchev–Trinajstić information content (AvgIpc) is 3.05. The van der Waals surface area contributed by atoms with Crippen molar-refractivity contribution in [1.82, 2.24) is 14.5 Å². The van der Waals surface area contributed by atoms with Crippen molar-refractivity contribution in [3.63, 3.8) is 0 Å². The quantitative estimate of drug-likeness (QED) is 0.542. The fraction of sp³-hybridized carbons (Fsp3) is 0.174. The monoisotopic (exact) mass is 385 g/mol. The van der Waals surface area contributed by atoms with Gasteiger partial charge in [-0.2, -0.15) is 4.98 Å². The van der Waals surface area contributed by atoms with Crippen molar-refractivity contribution in [2.75, 3.05) is 5.32 Å². The summed E-state index contributed by atoms with van der Waals surface area (Å²) in [5.74, 6) is 0.917. The van der Waals surface area contributed by atoms with Crippen LogP contribution in [-0.2, 0) is 6.54 Å². The first-order valence-electron chi connectivity index (χ1n) is 9.50. The Morgan fingerprint density at radius 1 is 1.03 bits per heavy atom. The molecule has 3 N–H and O–H groups in total. The number of anilines is 1. The fourth-order valence-corrected chi connectivity index (χ4v) is 3.51. The van der Waals surface area contributed by atoms with Gasteiger partial charge >= 0.3 is 0 Å². The molecule has 0 aliphatic carbocycles. The molecule has 0 saturated heterocycles. The minimum absolute atomic E-state index is 0.445. The molecule has 6 nitrogen and oxygen atoms in total. The first-order chi connectivity index (χ1) is 14.0. The Kier molecular flexibility index (Phi) is 4.76. The number of nitrogens with one attached hydrogen (secondary N) is 1. The number of benzene rings is 2. The van der Waals surface area contributed by atoms with E-state index in [1.807, 2.05) is 61.7 Å². The molecule has 0 saturated carbocycles. The molecular formula is C23H23N5O. The van der Waals surface area contributed by atoms with Crippen molar-refractivity contribution in [1.29, 1.82) is 0 Å². The number of rotatable bonds is 5. The van der Waals surface area contributed by atoms with Crippen molar-refractivity contribution >= 4 is 22.6 Å². The number of nitrogens with zero attached hydrogens (tertiary/aromatic N) is 3. The number of fused-ring (bicyclic) bond motifs is 1. The summed E-state index contributed by atoms with van der Waals surface area (Å²) >= 11 is 0. The molecule has 1 amide bonds. The van der Waals surface area contributed by atoms with E-state index >= 15 is 0 Å². The Morgan fingerprint density at radius 2 is 1.79 bits per heavy atom. The summed E-state index contributed by atoms with van der Waals surface area (Å²) in [5, 5.41) is 4.23. The molecule has 29 heavy (non-hydrogen) atoms. The van der Waals surface area contributed by atoms with Crippen LogP contribution in [0, 0.1) is 20.8 Å². The highest BCUT2D eigenvalue weighted by molar-refractivity contribution is 6.06. The third-order valence-electron chi connectivity index (χ3n) is 5.18. The number of primary amides is 1. The molecule has 0 fully saturated rings. The van der Waals surface area contributed by atoms with E-state index in [1.165, 1.54) is 5.56 Å². The number of carbonyl (C=O) groups excluding carboxylic acids is 1. The van der Waals surface area contributed by atoms with Gasteiger partial charge in [-0.15, -0.1) is 0 Å². The van der Waals surface area contributed by atoms with Gasteiger partial charge in [0.15, 0.2) is 0 Å². The van der Waals surface area contributed by atoms with Gasteiger partial charge in [-0.05, 0) is 44.5 Å². The Balaban J connectivity index is 1.80. The summed E-state index contributed by atoms with van der Waals surface area (Å²) in [6.45, 7) is 6.64. The zero-order chi connectivity index (χ0) is 20.5. The minimum Gasteiger partial charge on any atom is -0.366 e. The van der Waals surface area contributed by atoms with Crippen LogP contribution in [0.25, 0.3) is 16.9 Å². The molecule has 0 spiro atoms. The number of aryl methyl sites for hydroxylation is 2. The van der Waals surface area contributed by atoms with Gasteiger partial charge in [-0.25, -0.2) is 4.98 Å². The predicted molar refractivity (Wildman–Crippen MR) is 115 cm³/mol. The highest BCUT2D eigenvalue weighted by Gasteiger charge is 2.17. The molecule has 2 aromatic carbocycles. The lowest BCUT2D eigenvalue weighted by atomic mass is 10.1. The van der Waals surface area contributed by atoms with Gasteiger partial charge in [0.2, 0.25) is 11.9 Å². The molecule has 4 rings (SSSR count). The number of aromatic nitrogens is 3. The number of hydrogen-bond acceptors (Lipinski definition) is 4. The fourth-order valence-electron chi connectivity index (χ4n) is 3.51. The molecule has 0 radical (unpaired) electrons. The minimum atomic E-state index is -0.445. The van der Waals surface area contributed by atoms with Gasteiger partial charge in [0, 0.05) is 34.4 Å². The van der Waals surface area contributed by atoms with Crippen LogP contribution >= 0.6 is 0 Å². The van der Waals surface area contributed by atoms with Crippen molar-refractivity contribution in [3.05, 3.63) is 82.7 Å². The zero-order valence-electron chi connectivity index (χ0n) is 16.7. The van der Waals surface area contributed by atoms with Crippen molar-refractivity contribution in [2.24, 2.45) is 5.73 Å². The van der Waals surface area contributed by atoms with Crippen LogP contribution in [0.15, 0.2) is 54.6 Å². The molecule has 0 atom stereocenters. The van der Waals surface area contributed by atoms with Gasteiger partial charge in [0.25, 0.3) is 0 Å². The van der Waals surface area contributed by atoms with Crippen molar-refractivity contribution in [2.45, 2.75) is 27.3 Å². The van der Waals surface area contributed by atoms with E-state index in [1.54, 1.807) is 6.07 Å². The van der Waals surface area contributed by atoms with E-state index in [2.05, 4.69) is 17.4 Å². The summed E-state index contributed by atoms with van der Waals surface area (Å²) < 4.78 is 1.96. The SMILES string of the molecule is Cc1nc(-n2c(C)cc3c(C(N)=O)cccc32)nc(NCc2ccccc2)c1C. The Bertz CT molecular complexity index is 1210. The lowest BCUT2D eigenvalue weighted by molar-refractivity contribution is 0.100. The number of nitrogens with two attached hydrogens (primary N) is 1. The smallest absolute Gasteiger partial charge is 0.249 e. The van der Waals surface area contributed by atoms with Crippen LogP contribution in [-0.4, -0.2) is 20.4 Å². The molecule has 0 aliphatic rings. The van der Waals surface area contributed by atoms with Crippen LogP contribution < -0.4 is 11.1 Å². The maximum Gasteiger partial charge on any atom is 0.249 e. The number of carbonyl (C=O) groups is 1. The van der Waals surface area contributed by atoms with Gasteiger partial charge in [0.05, 0.1) is 5.52 Å². The van der Waals surface area contributed by atoms with Crippen LogP contribution in [0.1, 0.15) is 32.9 Å². The lowest BCUT2D eigenvalue weighted by Gasteiger charge is -2.14. The van der Waals surface area contributed by atoms with Gasteiger partial charge < -0.3 is 11.1 Å². The summed E-state index contributed by atoms with van der Waals surface area (Å²) in [4.78, 5) is 21.3. The van der Waals surface area contributed by atoms with E-state index in [0.29, 0.717) is 18.1 Å². The Morgan fingerprint density at radius 3 is 2.52 bits per heavy atom. The third-order valence-corrected chi connectivity index (χ3v) is 5.18. The third kappa shape index (κ3) is 3.45. The standard InChI is InChI=1S/C23H23N5O/c1-14-12-19-18(21(24)29)10-7-11-20(19)28(14)23-26-16(3)15(2)22(27-23)25-13-17-8-5-4-6-9-17/h4-12H,13H2,1-3H3,(H2,24,29)(H,25,26,27). The first-order valence-corrected chi connectivity index (χ1v) is 9.50. The topological polar surface area (TPSA) is 85.8 Å². The molecule has 6 heteroatoms. The second-order valence-electron chi connectivity index (χ2n) is 7.15. The molecule has 2 heterocycles. The normalized spacial score (nSPS) is 11.0. The molecular weight excluding hydrogens is 362 g/mol. The highest BCUT2D eigenvalue weighted by atomic mass is 16.1. The largest absolute Gasteiger partial charge is 0.366 e. The van der Waals surface area contributed by atoms with E-state index in [4.69, 9.17) is 15.7 Å². The Hall–Kier alpha value is -3.67. The van der Waals surface area contributed by atoms with Gasteiger partial charge in [-0.1, -0.05) is 36.4 Å². The Labute approximate surface area is 169 Å². The average molecular weight is 385 g/mol. The van der Waals surface area contributed by atoms with E-state index in [0.717, 1.165) is 33.7 Å². The molecule has 2 aromatic heterocycles. The van der Waals surface area contributed by atoms with E-state index < -0.39 is 5.91 Å². The van der Waals surface area contributed by atoms with Gasteiger partial charge in [-0.3, -0.25) is 9.36 Å². The van der Waals surface area contributed by atoms with Crippen molar-refractivity contribution in [3.8, 4) is 5.95 Å². The molecule has 0 aliphatic heterocycles. The first kappa shape index (κ1) is 18.7. The summed E-state index contributed by atoms with van der Waals surface area (Å²) in [5.41, 5.74) is 10.9. The lowest BCUT2D eigenvalue weighted by Crippen LogP contribution is -2.12. The summed E-state index contributed by atoms with van der Waals surface area (Å²) in [7, 11) is 0. The number of hydrogen-bond donors (Lipinski definition) is 2. The van der Waals surface area contributed by atoms with Crippen LogP contribution in [0.2, 0.25) is 0 Å². The van der Waals surface area contributed by atoms with Crippen LogP contribution in [0.3, 0.4) is 0 Å². The summed E-state index contributed by atoms with van der Waals surface area (Å²) in [6, 6.07) is 17.7. The second kappa shape index (κ2) is 7.39. The van der Waals surface area contributed by atoms with Crippen LogP contribution in [0.5, 0.6) is 0 Å². The maximum absolute atomic E-state index is 11.8. The zero-order valence-corrected chi connectivity index (χ0v) is 16.7. The van der Waals surface area contributed by atoms with E-state index in [-0.39, 0.29) is 0 Å².